The maximum atomic E-state index is 5.79. The Hall–Kier alpha value is -3.54. The van der Waals surface area contributed by atoms with Gasteiger partial charge in [-0.1, -0.05) is 32.0 Å². The van der Waals surface area contributed by atoms with E-state index >= 15 is 0 Å². The average molecular weight is 395 g/mol. The second kappa shape index (κ2) is 9.59. The molecule has 0 aliphatic heterocycles. The molecule has 6 nitrogen and oxygen atoms in total. The Morgan fingerprint density at radius 1 is 0.621 bits per heavy atom. The number of methoxy groups -OCH3 is 2. The third-order valence-electron chi connectivity index (χ3n) is 4.53. The van der Waals surface area contributed by atoms with Crippen molar-refractivity contribution in [1.29, 1.82) is 0 Å². The predicted octanol–water partition coefficient (Wildman–Crippen LogP) is 4.51. The van der Waals surface area contributed by atoms with Crippen molar-refractivity contribution in [2.75, 3.05) is 37.2 Å². The van der Waals surface area contributed by atoms with E-state index in [-0.39, 0.29) is 0 Å². The van der Waals surface area contributed by atoms with Gasteiger partial charge in [0.15, 0.2) is 0 Å². The van der Waals surface area contributed by atoms with Crippen molar-refractivity contribution in [3.63, 3.8) is 0 Å². The Balaban J connectivity index is 0.000000234. The van der Waals surface area contributed by atoms with E-state index < -0.39 is 0 Å². The Morgan fingerprint density at radius 3 is 1.48 bits per heavy atom. The molecule has 29 heavy (non-hydrogen) atoms. The smallest absolute Gasteiger partial charge is 0.142 e. The third kappa shape index (κ3) is 5.48. The normalized spacial score (nSPS) is 10.2. The van der Waals surface area contributed by atoms with Gasteiger partial charge in [-0.3, -0.25) is 0 Å². The molecule has 0 amide bonds. The van der Waals surface area contributed by atoms with Crippen molar-refractivity contribution in [1.82, 2.24) is 0 Å². The number of nitrogens with two attached hydrogens (primary N) is 4. The third-order valence-corrected chi connectivity index (χ3v) is 4.53. The summed E-state index contributed by atoms with van der Waals surface area (Å²) in [7, 11) is 3.19. The van der Waals surface area contributed by atoms with E-state index in [1.54, 1.807) is 20.3 Å². The first kappa shape index (κ1) is 21.8. The molecule has 154 valence electrons. The molecule has 0 heterocycles. The van der Waals surface area contributed by atoms with Crippen LogP contribution in [-0.2, 0) is 0 Å². The fraction of sp³-hybridized carbons (Fsp3) is 0.217. The predicted molar refractivity (Wildman–Crippen MR) is 123 cm³/mol. The molecule has 0 aliphatic carbocycles. The van der Waals surface area contributed by atoms with Gasteiger partial charge >= 0.3 is 0 Å². The second-order valence-corrected chi connectivity index (χ2v) is 6.96. The minimum Gasteiger partial charge on any atom is -0.495 e. The Labute approximate surface area is 172 Å². The molecule has 0 aromatic heterocycles. The van der Waals surface area contributed by atoms with Crippen LogP contribution in [0.3, 0.4) is 0 Å². The average Bonchev–Trinajstić information content (AvgIpc) is 2.69. The van der Waals surface area contributed by atoms with Crippen LogP contribution < -0.4 is 32.4 Å². The summed E-state index contributed by atoms with van der Waals surface area (Å²) in [6.45, 7) is 4.23. The van der Waals surface area contributed by atoms with Gasteiger partial charge in [0.25, 0.3) is 0 Å². The summed E-state index contributed by atoms with van der Waals surface area (Å²) in [6, 6.07) is 16.9. The van der Waals surface area contributed by atoms with Crippen LogP contribution in [0.1, 0.15) is 25.3 Å². The number of hydrogen-bond acceptors (Lipinski definition) is 6. The molecule has 0 saturated carbocycles. The second-order valence-electron chi connectivity index (χ2n) is 6.96. The topological polar surface area (TPSA) is 123 Å². The highest BCUT2D eigenvalue weighted by Crippen LogP contribution is 2.32. The van der Waals surface area contributed by atoms with Crippen molar-refractivity contribution in [2.24, 2.45) is 0 Å². The molecule has 0 fully saturated rings. The number of rotatable bonds is 4. The lowest BCUT2D eigenvalue weighted by Crippen LogP contribution is -1.97. The van der Waals surface area contributed by atoms with Crippen molar-refractivity contribution < 1.29 is 9.47 Å². The molecule has 8 N–H and O–H groups in total. The van der Waals surface area contributed by atoms with Gasteiger partial charge in [0.2, 0.25) is 0 Å². The quantitative estimate of drug-likeness (QED) is 0.483. The summed E-state index contributed by atoms with van der Waals surface area (Å²) in [5, 5.41) is 0. The number of anilines is 4. The maximum Gasteiger partial charge on any atom is 0.142 e. The van der Waals surface area contributed by atoms with Crippen molar-refractivity contribution in [3.05, 3.63) is 60.2 Å². The lowest BCUT2D eigenvalue weighted by molar-refractivity contribution is 0.416. The summed E-state index contributed by atoms with van der Waals surface area (Å²) < 4.78 is 10.4. The lowest BCUT2D eigenvalue weighted by atomic mass is 10.0. The zero-order chi connectivity index (χ0) is 21.6. The van der Waals surface area contributed by atoms with Gasteiger partial charge < -0.3 is 32.4 Å². The summed E-state index contributed by atoms with van der Waals surface area (Å²) in [5.41, 5.74) is 28.8. The van der Waals surface area contributed by atoms with Crippen LogP contribution in [-0.4, -0.2) is 14.2 Å². The monoisotopic (exact) mass is 394 g/mol. The fourth-order valence-corrected chi connectivity index (χ4v) is 2.90. The molecule has 0 bridgehead atoms. The summed E-state index contributed by atoms with van der Waals surface area (Å²) in [5.74, 6) is 1.78. The number of benzene rings is 3. The number of ether oxygens (including phenoxy) is 2. The standard InChI is InChI=1S/C14H16N2O2.C9H14N2/c1-17-13-7-9(3-5-11(13)15)10-4-6-12(16)14(8-10)18-2;1-6(2)8-4-3-7(10)5-9(8)11/h3-8H,15-16H2,1-2H3;3-6H,10-11H2,1-2H3. The first-order valence-corrected chi connectivity index (χ1v) is 9.29. The number of hydrogen-bond donors (Lipinski definition) is 4. The van der Waals surface area contributed by atoms with Gasteiger partial charge in [-0.15, -0.1) is 0 Å². The van der Waals surface area contributed by atoms with E-state index in [1.807, 2.05) is 48.5 Å². The summed E-state index contributed by atoms with van der Waals surface area (Å²) in [4.78, 5) is 0. The largest absolute Gasteiger partial charge is 0.495 e. The minimum absolute atomic E-state index is 0.468. The van der Waals surface area contributed by atoms with Crippen LogP contribution >= 0.6 is 0 Å². The molecule has 3 aromatic carbocycles. The van der Waals surface area contributed by atoms with Gasteiger partial charge in [0, 0.05) is 11.4 Å². The van der Waals surface area contributed by atoms with Gasteiger partial charge in [0.1, 0.15) is 11.5 Å². The molecule has 0 saturated heterocycles. The van der Waals surface area contributed by atoms with Gasteiger partial charge in [-0.05, 0) is 59.0 Å². The van der Waals surface area contributed by atoms with E-state index in [9.17, 15) is 0 Å². The van der Waals surface area contributed by atoms with E-state index in [4.69, 9.17) is 32.4 Å². The Bertz CT molecular complexity index is 920. The van der Waals surface area contributed by atoms with Crippen LogP contribution in [0.25, 0.3) is 11.1 Å². The minimum atomic E-state index is 0.468. The first-order chi connectivity index (χ1) is 13.8. The molecule has 3 aromatic rings. The molecule has 3 rings (SSSR count). The van der Waals surface area contributed by atoms with Crippen molar-refractivity contribution >= 4 is 22.7 Å². The molecule has 6 heteroatoms. The van der Waals surface area contributed by atoms with E-state index in [0.29, 0.717) is 28.8 Å². The fourth-order valence-electron chi connectivity index (χ4n) is 2.90. The molecular formula is C23H30N4O2. The molecule has 0 spiro atoms. The van der Waals surface area contributed by atoms with Gasteiger partial charge in [-0.25, -0.2) is 0 Å². The van der Waals surface area contributed by atoms with Crippen LogP contribution in [0.4, 0.5) is 22.7 Å². The molecule has 0 radical (unpaired) electrons. The van der Waals surface area contributed by atoms with Gasteiger partial charge in [-0.2, -0.15) is 0 Å². The van der Waals surface area contributed by atoms with E-state index in [0.717, 1.165) is 22.5 Å². The molecule has 0 unspecified atom stereocenters. The van der Waals surface area contributed by atoms with Crippen LogP contribution in [0.2, 0.25) is 0 Å². The van der Waals surface area contributed by atoms with Gasteiger partial charge in [0.05, 0.1) is 25.6 Å². The van der Waals surface area contributed by atoms with E-state index in [1.165, 1.54) is 5.56 Å². The Kier molecular flexibility index (Phi) is 7.20. The van der Waals surface area contributed by atoms with Crippen LogP contribution in [0.15, 0.2) is 54.6 Å². The zero-order valence-electron chi connectivity index (χ0n) is 17.4. The highest BCUT2D eigenvalue weighted by molar-refractivity contribution is 5.73. The SMILES string of the molecule is CC(C)c1ccc(N)cc1N.COc1cc(-c2ccc(N)c(OC)c2)ccc1N. The summed E-state index contributed by atoms with van der Waals surface area (Å²) in [6.07, 6.45) is 0. The van der Waals surface area contributed by atoms with Crippen LogP contribution in [0.5, 0.6) is 11.5 Å². The van der Waals surface area contributed by atoms with Crippen molar-refractivity contribution in [2.45, 2.75) is 19.8 Å². The summed E-state index contributed by atoms with van der Waals surface area (Å²) >= 11 is 0. The zero-order valence-corrected chi connectivity index (χ0v) is 17.4. The van der Waals surface area contributed by atoms with Crippen molar-refractivity contribution in [3.8, 4) is 22.6 Å². The van der Waals surface area contributed by atoms with E-state index in [2.05, 4.69) is 13.8 Å². The highest BCUT2D eigenvalue weighted by Gasteiger charge is 2.06. The Morgan fingerprint density at radius 2 is 1.10 bits per heavy atom. The molecule has 0 atom stereocenters. The molecule has 0 aliphatic rings. The lowest BCUT2D eigenvalue weighted by Gasteiger charge is -2.10. The number of nitrogen functional groups attached to an aromatic ring is 4. The van der Waals surface area contributed by atoms with Crippen LogP contribution in [0, 0.1) is 0 Å². The highest BCUT2D eigenvalue weighted by atomic mass is 16.5. The maximum absolute atomic E-state index is 5.79. The molecular weight excluding hydrogens is 364 g/mol. The first-order valence-electron chi connectivity index (χ1n) is 9.29.